The molecule has 0 aliphatic carbocycles. The summed E-state index contributed by atoms with van der Waals surface area (Å²) in [7, 11) is 1.80. The summed E-state index contributed by atoms with van der Waals surface area (Å²) in [4.78, 5) is 14.7. The highest BCUT2D eigenvalue weighted by Crippen LogP contribution is 2.26. The predicted molar refractivity (Wildman–Crippen MR) is 120 cm³/mol. The molecular formula is C25H26ClNO3. The van der Waals surface area contributed by atoms with Gasteiger partial charge in [0.1, 0.15) is 18.1 Å². The highest BCUT2D eigenvalue weighted by atomic mass is 35.5. The lowest BCUT2D eigenvalue weighted by molar-refractivity contribution is 0.0785. The Morgan fingerprint density at radius 1 is 1.00 bits per heavy atom. The quantitative estimate of drug-likeness (QED) is 0.453. The Bertz CT molecular complexity index is 1000. The molecule has 0 saturated carbocycles. The van der Waals surface area contributed by atoms with E-state index in [0.29, 0.717) is 36.1 Å². The highest BCUT2D eigenvalue weighted by Gasteiger charge is 2.15. The topological polar surface area (TPSA) is 38.8 Å². The predicted octanol–water partition coefficient (Wildman–Crippen LogP) is 5.90. The number of aryl methyl sites for hydroxylation is 1. The van der Waals surface area contributed by atoms with Gasteiger partial charge in [0, 0.05) is 29.7 Å². The Balaban J connectivity index is 1.77. The van der Waals surface area contributed by atoms with Crippen LogP contribution in [0.5, 0.6) is 11.5 Å². The van der Waals surface area contributed by atoms with Crippen molar-refractivity contribution < 1.29 is 14.3 Å². The molecule has 0 spiro atoms. The molecule has 0 saturated heterocycles. The summed E-state index contributed by atoms with van der Waals surface area (Å²) in [5.41, 5.74) is 3.46. The number of rotatable bonds is 8. The Labute approximate surface area is 183 Å². The highest BCUT2D eigenvalue weighted by molar-refractivity contribution is 6.31. The van der Waals surface area contributed by atoms with Gasteiger partial charge in [-0.3, -0.25) is 4.79 Å². The fourth-order valence-corrected chi connectivity index (χ4v) is 3.26. The van der Waals surface area contributed by atoms with E-state index < -0.39 is 0 Å². The van der Waals surface area contributed by atoms with Crippen molar-refractivity contribution in [3.63, 3.8) is 0 Å². The Morgan fingerprint density at radius 3 is 2.47 bits per heavy atom. The van der Waals surface area contributed by atoms with Crippen LogP contribution in [0.15, 0.2) is 66.7 Å². The van der Waals surface area contributed by atoms with Gasteiger partial charge in [-0.05, 0) is 61.4 Å². The molecule has 3 aromatic rings. The second-order valence-corrected chi connectivity index (χ2v) is 7.51. The molecule has 3 aromatic carbocycles. The molecule has 0 aliphatic heterocycles. The van der Waals surface area contributed by atoms with Crippen molar-refractivity contribution in [1.29, 1.82) is 0 Å². The standard InChI is InChI=1S/C25H26ClNO3/c1-4-29-24-13-10-20(25(28)27(3)16-19-8-6-5-7-9-19)15-21(24)17-30-22-11-12-23(26)18(2)14-22/h5-15H,4,16-17H2,1-3H3. The van der Waals surface area contributed by atoms with E-state index >= 15 is 0 Å². The Morgan fingerprint density at radius 2 is 1.77 bits per heavy atom. The van der Waals surface area contributed by atoms with Crippen LogP contribution < -0.4 is 9.47 Å². The average molecular weight is 424 g/mol. The number of carbonyl (C=O) groups is 1. The van der Waals surface area contributed by atoms with Crippen molar-refractivity contribution in [2.75, 3.05) is 13.7 Å². The van der Waals surface area contributed by atoms with Gasteiger partial charge < -0.3 is 14.4 Å². The van der Waals surface area contributed by atoms with Crippen LogP contribution in [0.25, 0.3) is 0 Å². The van der Waals surface area contributed by atoms with Crippen LogP contribution in [0.2, 0.25) is 5.02 Å². The number of amides is 1. The molecule has 3 rings (SSSR count). The minimum Gasteiger partial charge on any atom is -0.493 e. The van der Waals surface area contributed by atoms with Crippen LogP contribution >= 0.6 is 11.6 Å². The van der Waals surface area contributed by atoms with Gasteiger partial charge in [0.05, 0.1) is 6.61 Å². The number of halogens is 1. The normalized spacial score (nSPS) is 10.5. The molecule has 0 atom stereocenters. The van der Waals surface area contributed by atoms with E-state index in [1.165, 1.54) is 0 Å². The first-order valence-electron chi connectivity index (χ1n) is 9.92. The smallest absolute Gasteiger partial charge is 0.253 e. The number of ether oxygens (including phenoxy) is 2. The molecule has 30 heavy (non-hydrogen) atoms. The minimum absolute atomic E-state index is 0.0505. The van der Waals surface area contributed by atoms with Crippen LogP contribution in [-0.4, -0.2) is 24.5 Å². The molecule has 0 radical (unpaired) electrons. The first kappa shape index (κ1) is 21.7. The second kappa shape index (κ2) is 10.2. The fraction of sp³-hybridized carbons (Fsp3) is 0.240. The van der Waals surface area contributed by atoms with Gasteiger partial charge in [-0.25, -0.2) is 0 Å². The monoisotopic (exact) mass is 423 g/mol. The van der Waals surface area contributed by atoms with Gasteiger partial charge in [-0.2, -0.15) is 0 Å². The fourth-order valence-electron chi connectivity index (χ4n) is 3.14. The number of carbonyl (C=O) groups excluding carboxylic acids is 1. The average Bonchev–Trinajstić information content (AvgIpc) is 2.75. The van der Waals surface area contributed by atoms with Gasteiger partial charge in [0.2, 0.25) is 0 Å². The van der Waals surface area contributed by atoms with Crippen LogP contribution in [0.1, 0.15) is 34.0 Å². The van der Waals surface area contributed by atoms with Crippen molar-refractivity contribution in [3.05, 3.63) is 94.0 Å². The molecule has 1 amide bonds. The van der Waals surface area contributed by atoms with Crippen LogP contribution in [0.3, 0.4) is 0 Å². The number of benzene rings is 3. The van der Waals surface area contributed by atoms with E-state index in [2.05, 4.69) is 0 Å². The van der Waals surface area contributed by atoms with Gasteiger partial charge in [-0.15, -0.1) is 0 Å². The van der Waals surface area contributed by atoms with Crippen LogP contribution in [-0.2, 0) is 13.2 Å². The van der Waals surface area contributed by atoms with E-state index in [4.69, 9.17) is 21.1 Å². The molecule has 0 aliphatic rings. The maximum Gasteiger partial charge on any atom is 0.253 e. The zero-order valence-electron chi connectivity index (χ0n) is 17.5. The first-order valence-corrected chi connectivity index (χ1v) is 10.3. The van der Waals surface area contributed by atoms with E-state index in [1.54, 1.807) is 18.0 Å². The van der Waals surface area contributed by atoms with E-state index in [-0.39, 0.29) is 5.91 Å². The molecule has 4 nitrogen and oxygen atoms in total. The number of hydrogen-bond donors (Lipinski definition) is 0. The van der Waals surface area contributed by atoms with Crippen LogP contribution in [0, 0.1) is 6.92 Å². The zero-order chi connectivity index (χ0) is 21.5. The SMILES string of the molecule is CCOc1ccc(C(=O)N(C)Cc2ccccc2)cc1COc1ccc(Cl)c(C)c1. The molecular weight excluding hydrogens is 398 g/mol. The lowest BCUT2D eigenvalue weighted by atomic mass is 10.1. The van der Waals surface area contributed by atoms with Gasteiger partial charge in [0.25, 0.3) is 5.91 Å². The molecule has 0 unspecified atom stereocenters. The number of nitrogens with zero attached hydrogens (tertiary/aromatic N) is 1. The van der Waals surface area contributed by atoms with Crippen molar-refractivity contribution >= 4 is 17.5 Å². The van der Waals surface area contributed by atoms with Crippen molar-refractivity contribution in [3.8, 4) is 11.5 Å². The third kappa shape index (κ3) is 5.55. The summed E-state index contributed by atoms with van der Waals surface area (Å²) in [6.07, 6.45) is 0. The third-order valence-electron chi connectivity index (χ3n) is 4.74. The van der Waals surface area contributed by atoms with Crippen molar-refractivity contribution in [2.45, 2.75) is 27.0 Å². The second-order valence-electron chi connectivity index (χ2n) is 7.10. The minimum atomic E-state index is -0.0505. The van der Waals surface area contributed by atoms with Gasteiger partial charge >= 0.3 is 0 Å². The molecule has 156 valence electrons. The van der Waals surface area contributed by atoms with E-state index in [1.807, 2.05) is 74.5 Å². The molecule has 0 bridgehead atoms. The maximum atomic E-state index is 13.0. The Hall–Kier alpha value is -2.98. The van der Waals surface area contributed by atoms with Crippen LogP contribution in [0.4, 0.5) is 0 Å². The summed E-state index contributed by atoms with van der Waals surface area (Å²) < 4.78 is 11.7. The summed E-state index contributed by atoms with van der Waals surface area (Å²) in [6, 6.07) is 20.9. The first-order chi connectivity index (χ1) is 14.5. The maximum absolute atomic E-state index is 13.0. The van der Waals surface area contributed by atoms with E-state index in [9.17, 15) is 4.79 Å². The summed E-state index contributed by atoms with van der Waals surface area (Å²) >= 11 is 6.09. The molecule has 5 heteroatoms. The van der Waals surface area contributed by atoms with Gasteiger partial charge in [-0.1, -0.05) is 41.9 Å². The van der Waals surface area contributed by atoms with Crippen molar-refractivity contribution in [1.82, 2.24) is 4.90 Å². The summed E-state index contributed by atoms with van der Waals surface area (Å²) in [5, 5.41) is 0.700. The number of hydrogen-bond acceptors (Lipinski definition) is 3. The zero-order valence-corrected chi connectivity index (χ0v) is 18.3. The summed E-state index contributed by atoms with van der Waals surface area (Å²) in [5.74, 6) is 1.38. The van der Waals surface area contributed by atoms with Crippen molar-refractivity contribution in [2.24, 2.45) is 0 Å². The van der Waals surface area contributed by atoms with E-state index in [0.717, 1.165) is 22.4 Å². The Kier molecular flexibility index (Phi) is 7.36. The lowest BCUT2D eigenvalue weighted by Crippen LogP contribution is -2.26. The molecule has 0 aromatic heterocycles. The summed E-state index contributed by atoms with van der Waals surface area (Å²) in [6.45, 7) is 5.24. The lowest BCUT2D eigenvalue weighted by Gasteiger charge is -2.19. The molecule has 0 N–H and O–H groups in total. The largest absolute Gasteiger partial charge is 0.493 e. The van der Waals surface area contributed by atoms with Gasteiger partial charge in [0.15, 0.2) is 0 Å². The molecule has 0 heterocycles. The molecule has 0 fully saturated rings. The third-order valence-corrected chi connectivity index (χ3v) is 5.16.